The Morgan fingerprint density at radius 2 is 1.95 bits per heavy atom. The Morgan fingerprint density at radius 1 is 1.24 bits per heavy atom. The van der Waals surface area contributed by atoms with E-state index in [4.69, 9.17) is 10.3 Å². The van der Waals surface area contributed by atoms with Gasteiger partial charge in [-0.25, -0.2) is 9.78 Å². The first-order chi connectivity index (χ1) is 17.9. The minimum Gasteiger partial charge on any atom is -0.383 e. The summed E-state index contributed by atoms with van der Waals surface area (Å²) < 4.78 is 45.8. The number of nitrogens with zero attached hydrogens (tertiary/aromatic N) is 5. The first-order valence-corrected chi connectivity index (χ1v) is 11.8. The average Bonchev–Trinajstić information content (AvgIpc) is 3.29. The van der Waals surface area contributed by atoms with Crippen LogP contribution in [0.2, 0.25) is 0 Å². The Bertz CT molecular complexity index is 1440. The van der Waals surface area contributed by atoms with E-state index in [1.165, 1.54) is 13.1 Å². The van der Waals surface area contributed by atoms with Gasteiger partial charge in [-0.15, -0.1) is 0 Å². The largest absolute Gasteiger partial charge is 0.391 e. The van der Waals surface area contributed by atoms with Crippen molar-refractivity contribution in [3.05, 3.63) is 56.6 Å². The molecule has 204 valence electrons. The van der Waals surface area contributed by atoms with Gasteiger partial charge in [-0.2, -0.15) is 13.2 Å². The Kier molecular flexibility index (Phi) is 7.46. The van der Waals surface area contributed by atoms with E-state index in [1.807, 2.05) is 0 Å². The molecule has 0 aliphatic carbocycles. The van der Waals surface area contributed by atoms with E-state index < -0.39 is 29.3 Å². The summed E-state index contributed by atoms with van der Waals surface area (Å²) in [5, 5.41) is 9.06. The van der Waals surface area contributed by atoms with Gasteiger partial charge in [0.25, 0.3) is 5.56 Å². The third kappa shape index (κ3) is 5.81. The number of anilines is 4. The number of nitrogens with two attached hydrogens (primary N) is 1. The van der Waals surface area contributed by atoms with Crippen LogP contribution in [0.1, 0.15) is 24.3 Å². The fourth-order valence-corrected chi connectivity index (χ4v) is 4.20. The molecule has 1 aliphatic heterocycles. The SMILES string of the molecule is Cc1cc(Cn2c(=O)c(NCC(=O)Nc3cccc(N4CCC(C(F)(F)F)CC4)n3)c(N)n(C)c2=O)no1. The molecule has 0 unspecified atom stereocenters. The highest BCUT2D eigenvalue weighted by Crippen LogP contribution is 2.35. The van der Waals surface area contributed by atoms with E-state index in [-0.39, 0.29) is 56.3 Å². The average molecular weight is 537 g/mol. The fraction of sp³-hybridized carbons (Fsp3) is 0.435. The van der Waals surface area contributed by atoms with Crippen LogP contribution in [-0.4, -0.2) is 51.0 Å². The summed E-state index contributed by atoms with van der Waals surface area (Å²) >= 11 is 0. The van der Waals surface area contributed by atoms with Gasteiger partial charge in [0.1, 0.15) is 34.6 Å². The molecule has 12 nitrogen and oxygen atoms in total. The quantitative estimate of drug-likeness (QED) is 0.409. The lowest BCUT2D eigenvalue weighted by Gasteiger charge is -2.33. The number of rotatable bonds is 7. The van der Waals surface area contributed by atoms with Crippen molar-refractivity contribution in [2.75, 3.05) is 40.9 Å². The number of alkyl halides is 3. The highest BCUT2D eigenvalue weighted by Gasteiger charge is 2.41. The van der Waals surface area contributed by atoms with Gasteiger partial charge >= 0.3 is 11.9 Å². The number of piperidine rings is 1. The molecule has 4 heterocycles. The first-order valence-electron chi connectivity index (χ1n) is 11.8. The van der Waals surface area contributed by atoms with Crippen LogP contribution in [0.5, 0.6) is 0 Å². The van der Waals surface area contributed by atoms with Crippen LogP contribution in [0.25, 0.3) is 0 Å². The van der Waals surface area contributed by atoms with Gasteiger partial charge in [-0.05, 0) is 31.9 Å². The van der Waals surface area contributed by atoms with Gasteiger partial charge < -0.3 is 25.8 Å². The summed E-state index contributed by atoms with van der Waals surface area (Å²) in [6.45, 7) is 1.54. The number of aryl methyl sites for hydroxylation is 1. The predicted octanol–water partition coefficient (Wildman–Crippen LogP) is 1.70. The number of hydrogen-bond acceptors (Lipinski definition) is 9. The molecule has 4 N–H and O–H groups in total. The summed E-state index contributed by atoms with van der Waals surface area (Å²) in [6, 6.07) is 6.42. The molecule has 0 atom stereocenters. The van der Waals surface area contributed by atoms with Gasteiger partial charge in [-0.3, -0.25) is 18.7 Å². The molecule has 3 aromatic heterocycles. The second kappa shape index (κ2) is 10.6. The van der Waals surface area contributed by atoms with Crippen LogP contribution >= 0.6 is 0 Å². The number of nitrogens with one attached hydrogen (secondary N) is 2. The Hall–Kier alpha value is -4.30. The summed E-state index contributed by atoms with van der Waals surface area (Å²) in [7, 11) is 1.39. The van der Waals surface area contributed by atoms with E-state index in [0.29, 0.717) is 17.3 Å². The van der Waals surface area contributed by atoms with Crippen molar-refractivity contribution >= 4 is 29.0 Å². The Morgan fingerprint density at radius 3 is 2.58 bits per heavy atom. The van der Waals surface area contributed by atoms with E-state index in [2.05, 4.69) is 20.8 Å². The molecule has 0 bridgehead atoms. The predicted molar refractivity (Wildman–Crippen MR) is 133 cm³/mol. The number of aromatic nitrogens is 4. The molecular formula is C23H27F3N8O4. The van der Waals surface area contributed by atoms with Crippen LogP contribution in [0.4, 0.5) is 36.3 Å². The van der Waals surface area contributed by atoms with Crippen molar-refractivity contribution < 1.29 is 22.5 Å². The Balaban J connectivity index is 1.42. The van der Waals surface area contributed by atoms with Crippen molar-refractivity contribution in [2.24, 2.45) is 13.0 Å². The molecule has 4 rings (SSSR count). The smallest absolute Gasteiger partial charge is 0.383 e. The first kappa shape index (κ1) is 26.8. The van der Waals surface area contributed by atoms with Crippen molar-refractivity contribution in [3.8, 4) is 0 Å². The molecule has 0 aromatic carbocycles. The Labute approximate surface area is 214 Å². The fourth-order valence-electron chi connectivity index (χ4n) is 4.20. The molecule has 3 aromatic rings. The second-order valence-corrected chi connectivity index (χ2v) is 9.01. The molecule has 0 spiro atoms. The topological polar surface area (TPSA) is 153 Å². The number of halogens is 3. The van der Waals surface area contributed by atoms with Crippen LogP contribution in [0.15, 0.2) is 38.4 Å². The molecule has 38 heavy (non-hydrogen) atoms. The van der Waals surface area contributed by atoms with Gasteiger partial charge in [0.2, 0.25) is 5.91 Å². The van der Waals surface area contributed by atoms with Gasteiger partial charge in [-0.1, -0.05) is 11.2 Å². The van der Waals surface area contributed by atoms with E-state index in [1.54, 1.807) is 30.0 Å². The number of pyridine rings is 1. The zero-order valence-corrected chi connectivity index (χ0v) is 20.7. The van der Waals surface area contributed by atoms with Crippen LogP contribution in [0.3, 0.4) is 0 Å². The van der Waals surface area contributed by atoms with Gasteiger partial charge in [0.05, 0.1) is 19.0 Å². The van der Waals surface area contributed by atoms with Crippen molar-refractivity contribution in [2.45, 2.75) is 32.5 Å². The number of hydrogen-bond donors (Lipinski definition) is 3. The molecule has 1 aliphatic rings. The lowest BCUT2D eigenvalue weighted by molar-refractivity contribution is -0.179. The molecule has 1 amide bonds. The van der Waals surface area contributed by atoms with Crippen molar-refractivity contribution in [3.63, 3.8) is 0 Å². The van der Waals surface area contributed by atoms with Crippen LogP contribution in [-0.2, 0) is 18.4 Å². The lowest BCUT2D eigenvalue weighted by Crippen LogP contribution is -2.42. The maximum Gasteiger partial charge on any atom is 0.391 e. The monoisotopic (exact) mass is 536 g/mol. The molecular weight excluding hydrogens is 509 g/mol. The minimum atomic E-state index is -4.21. The number of carbonyl (C=O) groups excluding carboxylic acids is 1. The van der Waals surface area contributed by atoms with E-state index in [9.17, 15) is 27.6 Å². The third-order valence-electron chi connectivity index (χ3n) is 6.30. The summed E-state index contributed by atoms with van der Waals surface area (Å²) in [4.78, 5) is 44.2. The highest BCUT2D eigenvalue weighted by atomic mass is 19.4. The molecule has 1 saturated heterocycles. The van der Waals surface area contributed by atoms with Gasteiger partial charge in [0, 0.05) is 26.2 Å². The number of amides is 1. The normalized spacial score (nSPS) is 14.5. The minimum absolute atomic E-state index is 0.0273. The lowest BCUT2D eigenvalue weighted by atomic mass is 9.96. The van der Waals surface area contributed by atoms with Crippen LogP contribution in [0, 0.1) is 12.8 Å². The molecule has 1 fully saturated rings. The molecule has 15 heteroatoms. The number of nitrogen functional groups attached to an aromatic ring is 1. The second-order valence-electron chi connectivity index (χ2n) is 9.01. The zero-order chi connectivity index (χ0) is 27.6. The summed E-state index contributed by atoms with van der Waals surface area (Å²) in [5.41, 5.74) is 4.79. The summed E-state index contributed by atoms with van der Waals surface area (Å²) in [5.74, 6) is -0.884. The van der Waals surface area contributed by atoms with Crippen molar-refractivity contribution in [1.82, 2.24) is 19.3 Å². The maximum atomic E-state index is 13.0. The highest BCUT2D eigenvalue weighted by molar-refractivity contribution is 5.93. The zero-order valence-electron chi connectivity index (χ0n) is 20.7. The third-order valence-corrected chi connectivity index (χ3v) is 6.30. The van der Waals surface area contributed by atoms with E-state index >= 15 is 0 Å². The number of carbonyl (C=O) groups is 1. The molecule has 0 radical (unpaired) electrons. The molecule has 0 saturated carbocycles. The van der Waals surface area contributed by atoms with Gasteiger partial charge in [0.15, 0.2) is 0 Å². The van der Waals surface area contributed by atoms with E-state index in [0.717, 1.165) is 9.13 Å². The van der Waals surface area contributed by atoms with Crippen molar-refractivity contribution in [1.29, 1.82) is 0 Å². The summed E-state index contributed by atoms with van der Waals surface area (Å²) in [6.07, 6.45) is -4.27. The maximum absolute atomic E-state index is 13.0. The standard InChI is InChI=1S/C23H27F3N8O4/c1-13-10-15(31-38-13)12-34-21(36)19(20(27)32(2)22(34)37)28-11-18(35)30-16-4-3-5-17(29-16)33-8-6-14(7-9-33)23(24,25)26/h3-5,10,14,28H,6-9,11-12,27H2,1-2H3,(H,29,30,35). The van der Waals surface area contributed by atoms with Crippen LogP contribution < -0.4 is 32.5 Å².